The van der Waals surface area contributed by atoms with E-state index < -0.39 is 11.9 Å². The third-order valence-corrected chi connectivity index (χ3v) is 4.49. The zero-order chi connectivity index (χ0) is 21.2. The molecule has 0 atom stereocenters. The van der Waals surface area contributed by atoms with E-state index >= 15 is 0 Å². The van der Waals surface area contributed by atoms with Gasteiger partial charge in [0.1, 0.15) is 11.6 Å². The Morgan fingerprint density at radius 3 is 2.52 bits per heavy atom. The van der Waals surface area contributed by atoms with Gasteiger partial charge in [-0.1, -0.05) is 35.3 Å². The Balaban J connectivity index is 2.18. The fourth-order valence-electron chi connectivity index (χ4n) is 2.39. The predicted octanol–water partition coefficient (Wildman–Crippen LogP) is 4.50. The predicted molar refractivity (Wildman–Crippen MR) is 114 cm³/mol. The molecule has 2 aromatic rings. The van der Waals surface area contributed by atoms with Crippen molar-refractivity contribution in [1.82, 2.24) is 5.32 Å². The summed E-state index contributed by atoms with van der Waals surface area (Å²) in [5.74, 6) is -0.394. The summed E-state index contributed by atoms with van der Waals surface area (Å²) >= 11 is 3.32. The number of halogens is 1. The van der Waals surface area contributed by atoms with Gasteiger partial charge in [-0.2, -0.15) is 5.26 Å². The summed E-state index contributed by atoms with van der Waals surface area (Å²) in [6.07, 6.45) is 3.25. The van der Waals surface area contributed by atoms with Gasteiger partial charge < -0.3 is 14.8 Å². The fraction of sp³-hybridized carbons (Fsp3) is 0.227. The van der Waals surface area contributed by atoms with E-state index in [-0.39, 0.29) is 11.3 Å². The van der Waals surface area contributed by atoms with Crippen molar-refractivity contribution in [2.45, 2.75) is 19.8 Å². The minimum atomic E-state index is -0.521. The summed E-state index contributed by atoms with van der Waals surface area (Å²) < 4.78 is 11.6. The Kier molecular flexibility index (Phi) is 8.44. The maximum Gasteiger partial charge on any atom is 0.343 e. The zero-order valence-corrected chi connectivity index (χ0v) is 17.8. The van der Waals surface area contributed by atoms with Crippen LogP contribution in [-0.4, -0.2) is 25.5 Å². The monoisotopic (exact) mass is 456 g/mol. The van der Waals surface area contributed by atoms with Gasteiger partial charge in [0.25, 0.3) is 5.91 Å². The van der Waals surface area contributed by atoms with Crippen LogP contribution in [0.5, 0.6) is 11.5 Å². The molecule has 0 saturated heterocycles. The van der Waals surface area contributed by atoms with Gasteiger partial charge in [0.05, 0.1) is 12.7 Å². The summed E-state index contributed by atoms with van der Waals surface area (Å²) in [5, 5.41) is 12.0. The molecule has 0 saturated carbocycles. The number of nitrogens with one attached hydrogen (secondary N) is 1. The lowest BCUT2D eigenvalue weighted by atomic mass is 10.1. The zero-order valence-electron chi connectivity index (χ0n) is 16.2. The molecule has 0 aliphatic heterocycles. The van der Waals surface area contributed by atoms with Gasteiger partial charge in [-0.3, -0.25) is 4.79 Å². The highest BCUT2D eigenvalue weighted by molar-refractivity contribution is 9.10. The van der Waals surface area contributed by atoms with Gasteiger partial charge in [-0.25, -0.2) is 4.79 Å². The number of carbonyl (C=O) groups is 2. The van der Waals surface area contributed by atoms with Crippen molar-refractivity contribution in [1.29, 1.82) is 5.26 Å². The number of carbonyl (C=O) groups excluding carboxylic acids is 2. The van der Waals surface area contributed by atoms with E-state index in [2.05, 4.69) is 21.2 Å². The average Bonchev–Trinajstić information content (AvgIpc) is 2.73. The summed E-state index contributed by atoms with van der Waals surface area (Å²) in [6.45, 7) is 2.53. The molecule has 6 nitrogen and oxygen atoms in total. The van der Waals surface area contributed by atoms with E-state index in [1.807, 2.05) is 13.0 Å². The van der Waals surface area contributed by atoms with Crippen molar-refractivity contribution in [2.75, 3.05) is 13.7 Å². The van der Waals surface area contributed by atoms with E-state index in [0.717, 1.165) is 17.3 Å². The molecule has 0 spiro atoms. The van der Waals surface area contributed by atoms with Gasteiger partial charge >= 0.3 is 5.97 Å². The van der Waals surface area contributed by atoms with Crippen LogP contribution in [-0.2, 0) is 4.79 Å². The lowest BCUT2D eigenvalue weighted by Gasteiger charge is -2.10. The van der Waals surface area contributed by atoms with E-state index in [9.17, 15) is 14.9 Å². The number of benzene rings is 2. The number of ether oxygens (including phenoxy) is 2. The van der Waals surface area contributed by atoms with Gasteiger partial charge in [-0.15, -0.1) is 0 Å². The Morgan fingerprint density at radius 1 is 1.17 bits per heavy atom. The number of nitrogens with zero attached hydrogens (tertiary/aromatic N) is 1. The van der Waals surface area contributed by atoms with E-state index in [0.29, 0.717) is 23.4 Å². The first-order valence-electron chi connectivity index (χ1n) is 9.04. The second-order valence-electron chi connectivity index (χ2n) is 6.09. The van der Waals surface area contributed by atoms with Crippen molar-refractivity contribution in [2.24, 2.45) is 0 Å². The molecule has 0 aliphatic carbocycles. The quantitative estimate of drug-likeness (QED) is 0.207. The second kappa shape index (κ2) is 11.0. The van der Waals surface area contributed by atoms with Crippen molar-refractivity contribution in [3.63, 3.8) is 0 Å². The molecule has 0 radical (unpaired) electrons. The first kappa shape index (κ1) is 22.2. The van der Waals surface area contributed by atoms with Crippen LogP contribution >= 0.6 is 15.9 Å². The molecule has 0 heterocycles. The third-order valence-electron chi connectivity index (χ3n) is 3.96. The lowest BCUT2D eigenvalue weighted by molar-refractivity contribution is -0.117. The Labute approximate surface area is 178 Å². The topological polar surface area (TPSA) is 88.4 Å². The summed E-state index contributed by atoms with van der Waals surface area (Å²) in [6, 6.07) is 13.5. The molecule has 7 heteroatoms. The highest BCUT2D eigenvalue weighted by atomic mass is 79.9. The number of methoxy groups -OCH3 is 1. The van der Waals surface area contributed by atoms with Gasteiger partial charge in [0.2, 0.25) is 0 Å². The van der Waals surface area contributed by atoms with Gasteiger partial charge in [-0.05, 0) is 54.5 Å². The number of esters is 1. The molecule has 0 fully saturated rings. The molecule has 0 bridgehead atoms. The summed E-state index contributed by atoms with van der Waals surface area (Å²) in [5.41, 5.74) is 0.963. The van der Waals surface area contributed by atoms with E-state index in [1.54, 1.807) is 42.5 Å². The molecule has 1 amide bonds. The minimum Gasteiger partial charge on any atom is -0.493 e. The molecule has 0 unspecified atom stereocenters. The highest BCUT2D eigenvalue weighted by Crippen LogP contribution is 2.30. The third kappa shape index (κ3) is 6.47. The van der Waals surface area contributed by atoms with Crippen LogP contribution in [0.4, 0.5) is 0 Å². The molecular weight excluding hydrogens is 436 g/mol. The average molecular weight is 457 g/mol. The van der Waals surface area contributed by atoms with Gasteiger partial charge in [0, 0.05) is 11.0 Å². The van der Waals surface area contributed by atoms with E-state index in [4.69, 9.17) is 9.47 Å². The number of rotatable bonds is 8. The van der Waals surface area contributed by atoms with Crippen molar-refractivity contribution >= 4 is 33.9 Å². The molecule has 0 aliphatic rings. The van der Waals surface area contributed by atoms with Crippen molar-refractivity contribution < 1.29 is 19.1 Å². The molecule has 2 aromatic carbocycles. The standard InChI is InChI=1S/C22H21BrN2O4/c1-3-4-11-25-21(26)17(14-24)12-15-5-10-19(20(13-15)28-2)29-22(27)16-6-8-18(23)9-7-16/h5-10,12-13H,3-4,11H2,1-2H3,(H,25,26)/b17-12+. The number of unbranched alkanes of at least 4 members (excludes halogenated alkanes) is 1. The number of amides is 1. The maximum absolute atomic E-state index is 12.3. The number of nitriles is 1. The SMILES string of the molecule is CCCCNC(=O)/C(C#N)=C/c1ccc(OC(=O)c2ccc(Br)cc2)c(OC)c1. The molecular formula is C22H21BrN2O4. The largest absolute Gasteiger partial charge is 0.493 e. The number of hydrogen-bond acceptors (Lipinski definition) is 5. The van der Waals surface area contributed by atoms with Crippen LogP contribution in [0.2, 0.25) is 0 Å². The summed E-state index contributed by atoms with van der Waals surface area (Å²) in [4.78, 5) is 24.4. The highest BCUT2D eigenvalue weighted by Gasteiger charge is 2.14. The molecule has 1 N–H and O–H groups in total. The van der Waals surface area contributed by atoms with Crippen LogP contribution in [0.3, 0.4) is 0 Å². The Bertz CT molecular complexity index is 946. The van der Waals surface area contributed by atoms with E-state index in [1.165, 1.54) is 13.2 Å². The first-order valence-corrected chi connectivity index (χ1v) is 9.83. The molecule has 29 heavy (non-hydrogen) atoms. The second-order valence-corrected chi connectivity index (χ2v) is 7.00. The van der Waals surface area contributed by atoms with Crippen LogP contribution in [0.15, 0.2) is 52.5 Å². The van der Waals surface area contributed by atoms with Crippen molar-refractivity contribution in [3.8, 4) is 17.6 Å². The van der Waals surface area contributed by atoms with Crippen LogP contribution in [0, 0.1) is 11.3 Å². The smallest absolute Gasteiger partial charge is 0.343 e. The Morgan fingerprint density at radius 2 is 1.90 bits per heavy atom. The van der Waals surface area contributed by atoms with Crippen molar-refractivity contribution in [3.05, 3.63) is 63.6 Å². The number of hydrogen-bond donors (Lipinski definition) is 1. The van der Waals surface area contributed by atoms with Crippen LogP contribution < -0.4 is 14.8 Å². The van der Waals surface area contributed by atoms with Crippen LogP contribution in [0.25, 0.3) is 6.08 Å². The maximum atomic E-state index is 12.3. The first-order chi connectivity index (χ1) is 14.0. The fourth-order valence-corrected chi connectivity index (χ4v) is 2.66. The molecule has 0 aromatic heterocycles. The molecule has 2 rings (SSSR count). The lowest BCUT2D eigenvalue weighted by Crippen LogP contribution is -2.25. The normalized spacial score (nSPS) is 10.8. The minimum absolute atomic E-state index is 0.0113. The van der Waals surface area contributed by atoms with Crippen LogP contribution in [0.1, 0.15) is 35.7 Å². The van der Waals surface area contributed by atoms with Gasteiger partial charge in [0.15, 0.2) is 11.5 Å². The molecule has 150 valence electrons. The Hall–Kier alpha value is -3.11. The summed E-state index contributed by atoms with van der Waals surface area (Å²) in [7, 11) is 1.45.